The third-order valence-corrected chi connectivity index (χ3v) is 8.28. The lowest BCUT2D eigenvalue weighted by Crippen LogP contribution is -2.74. The van der Waals surface area contributed by atoms with Gasteiger partial charge < -0.3 is 19.9 Å². The fourth-order valence-electron chi connectivity index (χ4n) is 5.72. The van der Waals surface area contributed by atoms with Crippen LogP contribution in [0.15, 0.2) is 23.1 Å². The molecule has 0 atom stereocenters. The van der Waals surface area contributed by atoms with Crippen LogP contribution >= 0.6 is 0 Å². The molecule has 1 aromatic carbocycles. The van der Waals surface area contributed by atoms with E-state index in [1.54, 1.807) is 9.80 Å². The first-order valence-corrected chi connectivity index (χ1v) is 12.6. The van der Waals surface area contributed by atoms with Crippen molar-refractivity contribution in [3.8, 4) is 0 Å². The predicted molar refractivity (Wildman–Crippen MR) is 109 cm³/mol. The van der Waals surface area contributed by atoms with E-state index in [0.717, 1.165) is 31.2 Å². The Labute approximate surface area is 189 Å². The predicted octanol–water partition coefficient (Wildman–Crippen LogP) is 2.28. The molecular weight excluding hydrogens is 463 g/mol. The maximum absolute atomic E-state index is 13.2. The van der Waals surface area contributed by atoms with E-state index < -0.39 is 38.1 Å². The van der Waals surface area contributed by atoms with Gasteiger partial charge in [0.05, 0.1) is 23.5 Å². The van der Waals surface area contributed by atoms with Gasteiger partial charge in [0, 0.05) is 24.8 Å². The van der Waals surface area contributed by atoms with Crippen molar-refractivity contribution in [1.82, 2.24) is 15.1 Å². The van der Waals surface area contributed by atoms with Crippen LogP contribution in [0.5, 0.6) is 0 Å². The van der Waals surface area contributed by atoms with Crippen LogP contribution < -0.4 is 5.32 Å². The zero-order valence-electron chi connectivity index (χ0n) is 17.9. The number of urea groups is 1. The van der Waals surface area contributed by atoms with Gasteiger partial charge in [0.1, 0.15) is 12.1 Å². The van der Waals surface area contributed by atoms with E-state index in [9.17, 15) is 31.2 Å². The van der Waals surface area contributed by atoms with Gasteiger partial charge >= 0.3 is 18.3 Å². The summed E-state index contributed by atoms with van der Waals surface area (Å²) in [5.74, 6) is 0.240. The molecule has 5 rings (SSSR count). The minimum Gasteiger partial charge on any atom is -0.447 e. The lowest BCUT2D eigenvalue weighted by molar-refractivity contribution is -0.139. The summed E-state index contributed by atoms with van der Waals surface area (Å²) in [7, 11) is -4.01. The zero-order valence-corrected chi connectivity index (χ0v) is 18.8. The number of carbonyl (C=O) groups is 2. The van der Waals surface area contributed by atoms with Gasteiger partial charge in [-0.2, -0.15) is 13.2 Å². The molecule has 3 heterocycles. The van der Waals surface area contributed by atoms with E-state index in [0.29, 0.717) is 38.2 Å². The number of hydrogen-bond donors (Lipinski definition) is 1. The Hall–Kier alpha value is -2.50. The van der Waals surface area contributed by atoms with Gasteiger partial charge in [0.15, 0.2) is 9.84 Å². The maximum Gasteiger partial charge on any atom is 0.417 e. The van der Waals surface area contributed by atoms with E-state index in [-0.39, 0.29) is 24.0 Å². The highest BCUT2D eigenvalue weighted by Gasteiger charge is 2.57. The largest absolute Gasteiger partial charge is 0.447 e. The molecule has 3 amide bonds. The van der Waals surface area contributed by atoms with Gasteiger partial charge in [-0.25, -0.2) is 18.0 Å². The van der Waals surface area contributed by atoms with Crippen LogP contribution in [0, 0.1) is 11.3 Å². The summed E-state index contributed by atoms with van der Waals surface area (Å²) in [6, 6.07) is 3.29. The number of rotatable bonds is 3. The number of alkyl halides is 3. The highest BCUT2D eigenvalue weighted by molar-refractivity contribution is 7.90. The molecule has 12 heteroatoms. The maximum atomic E-state index is 13.2. The topological polar surface area (TPSA) is 96.0 Å². The average Bonchev–Trinajstić information content (AvgIpc) is 3.01. The van der Waals surface area contributed by atoms with Crippen LogP contribution in [0.4, 0.5) is 22.8 Å². The fourth-order valence-corrected chi connectivity index (χ4v) is 6.67. The standard InChI is InChI=1S/C21H24F3N3O5S/c1-33(30,31)16-5-13(2-3-15(16)21(22,23)24)4-14-6-19(7-14)8-26(9-19)18(29)27-10-20(11-27)12-32-17(28)25-20/h2-3,5,14H,4,6-12H2,1H3,(H,25,28). The average molecular weight is 488 g/mol. The summed E-state index contributed by atoms with van der Waals surface area (Å²) in [5.41, 5.74) is -0.978. The molecule has 0 radical (unpaired) electrons. The van der Waals surface area contributed by atoms with Gasteiger partial charge in [-0.15, -0.1) is 0 Å². The number of cyclic esters (lactones) is 1. The van der Waals surface area contributed by atoms with Crippen LogP contribution in [-0.2, 0) is 27.2 Å². The summed E-state index contributed by atoms with van der Waals surface area (Å²) < 4.78 is 68.2. The van der Waals surface area contributed by atoms with Crippen LogP contribution in [0.3, 0.4) is 0 Å². The Morgan fingerprint density at radius 2 is 1.82 bits per heavy atom. The molecule has 0 aromatic heterocycles. The molecule has 0 unspecified atom stereocenters. The van der Waals surface area contributed by atoms with Crippen molar-refractivity contribution in [3.05, 3.63) is 29.3 Å². The van der Waals surface area contributed by atoms with E-state index in [4.69, 9.17) is 4.74 Å². The molecule has 1 N–H and O–H groups in total. The number of ether oxygens (including phenoxy) is 1. The normalized spacial score (nSPS) is 23.6. The third-order valence-electron chi connectivity index (χ3n) is 7.15. The monoisotopic (exact) mass is 487 g/mol. The Morgan fingerprint density at radius 1 is 1.18 bits per heavy atom. The highest BCUT2D eigenvalue weighted by atomic mass is 32.2. The first kappa shape index (κ1) is 22.3. The molecule has 4 fully saturated rings. The van der Waals surface area contributed by atoms with Crippen molar-refractivity contribution < 1.29 is 35.9 Å². The number of benzene rings is 1. The number of hydrogen-bond acceptors (Lipinski definition) is 5. The summed E-state index contributed by atoms with van der Waals surface area (Å²) in [6.07, 6.45) is -2.20. The molecule has 180 valence electrons. The molecule has 1 aliphatic carbocycles. The minimum atomic E-state index is -4.73. The minimum absolute atomic E-state index is 0.0408. The van der Waals surface area contributed by atoms with Gasteiger partial charge in [-0.1, -0.05) is 6.07 Å². The third kappa shape index (κ3) is 3.91. The van der Waals surface area contributed by atoms with Crippen molar-refractivity contribution in [2.24, 2.45) is 11.3 Å². The molecule has 0 bridgehead atoms. The van der Waals surface area contributed by atoms with E-state index >= 15 is 0 Å². The Bertz CT molecular complexity index is 1120. The van der Waals surface area contributed by atoms with Gasteiger partial charge in [0.25, 0.3) is 0 Å². The molecular formula is C21H24F3N3O5S. The number of carbonyl (C=O) groups excluding carboxylic acids is 2. The Balaban J connectivity index is 1.13. The van der Waals surface area contributed by atoms with Crippen LogP contribution in [0.2, 0.25) is 0 Å². The molecule has 1 aromatic rings. The number of amides is 3. The smallest absolute Gasteiger partial charge is 0.417 e. The zero-order chi connectivity index (χ0) is 23.8. The molecule has 33 heavy (non-hydrogen) atoms. The van der Waals surface area contributed by atoms with Crippen molar-refractivity contribution in [3.63, 3.8) is 0 Å². The first-order chi connectivity index (χ1) is 15.3. The van der Waals surface area contributed by atoms with Gasteiger partial charge in [-0.3, -0.25) is 0 Å². The van der Waals surface area contributed by atoms with E-state index in [2.05, 4.69) is 5.32 Å². The quantitative estimate of drug-likeness (QED) is 0.706. The summed E-state index contributed by atoms with van der Waals surface area (Å²) in [6.45, 7) is 2.40. The lowest BCUT2D eigenvalue weighted by atomic mass is 9.56. The highest BCUT2D eigenvalue weighted by Crippen LogP contribution is 2.53. The molecule has 2 spiro atoms. The Kier molecular flexibility index (Phi) is 4.73. The fraction of sp³-hybridized carbons (Fsp3) is 0.619. The lowest BCUT2D eigenvalue weighted by Gasteiger charge is -2.61. The van der Waals surface area contributed by atoms with Gasteiger partial charge in [0.2, 0.25) is 0 Å². The van der Waals surface area contributed by atoms with Crippen molar-refractivity contribution in [2.45, 2.75) is 35.9 Å². The second-order valence-corrected chi connectivity index (χ2v) is 12.0. The Morgan fingerprint density at radius 3 is 2.36 bits per heavy atom. The number of sulfone groups is 1. The number of alkyl carbamates (subject to hydrolysis) is 1. The van der Waals surface area contributed by atoms with E-state index in [1.165, 1.54) is 6.07 Å². The summed E-state index contributed by atoms with van der Waals surface area (Å²) in [5, 5.41) is 2.75. The van der Waals surface area contributed by atoms with E-state index in [1.807, 2.05) is 0 Å². The number of nitrogens with one attached hydrogen (secondary N) is 1. The SMILES string of the molecule is CS(=O)(=O)c1cc(CC2CC3(C2)CN(C(=O)N2CC4(COC(=O)N4)C2)C3)ccc1C(F)(F)F. The summed E-state index contributed by atoms with van der Waals surface area (Å²) >= 11 is 0. The molecule has 3 saturated heterocycles. The first-order valence-electron chi connectivity index (χ1n) is 10.7. The molecule has 8 nitrogen and oxygen atoms in total. The van der Waals surface area contributed by atoms with Crippen LogP contribution in [0.25, 0.3) is 0 Å². The number of likely N-dealkylation sites (tertiary alicyclic amines) is 2. The number of nitrogens with zero attached hydrogens (tertiary/aromatic N) is 2. The van der Waals surface area contributed by atoms with Crippen LogP contribution in [0.1, 0.15) is 24.0 Å². The molecule has 3 aliphatic heterocycles. The van der Waals surface area contributed by atoms with Crippen LogP contribution in [-0.4, -0.2) is 74.9 Å². The van der Waals surface area contributed by atoms with Crippen molar-refractivity contribution in [1.29, 1.82) is 0 Å². The second-order valence-electron chi connectivity index (χ2n) is 10.1. The molecule has 1 saturated carbocycles. The van der Waals surface area contributed by atoms with Crippen molar-refractivity contribution in [2.75, 3.05) is 39.0 Å². The number of halogens is 3. The summed E-state index contributed by atoms with van der Waals surface area (Å²) in [4.78, 5) is 26.6. The van der Waals surface area contributed by atoms with Gasteiger partial charge in [-0.05, 0) is 42.9 Å². The van der Waals surface area contributed by atoms with Crippen molar-refractivity contribution >= 4 is 22.0 Å². The molecule has 4 aliphatic rings. The second kappa shape index (κ2) is 7.00.